The maximum atomic E-state index is 12.7. The maximum Gasteiger partial charge on any atom is 0.339 e. The van der Waals surface area contributed by atoms with Gasteiger partial charge in [-0.15, -0.1) is 0 Å². The summed E-state index contributed by atoms with van der Waals surface area (Å²) in [6, 6.07) is 8.14. The Labute approximate surface area is 213 Å². The standard InChI is InChI=1S/C22H17Cl2N3O7S/c1-2-7-34-21(30)14-10-13(4-6-15(14)23)25-19(28)11-26-20(29)18(35-22(26)31)9-12-3-5-16(24)17(8-12)27(32)33/h3-6,8-10H,2,7,11H2,1H3,(H,25,28)/b18-9-. The summed E-state index contributed by atoms with van der Waals surface area (Å²) in [5, 5.41) is 13.0. The number of carbonyl (C=O) groups excluding carboxylic acids is 4. The molecule has 182 valence electrons. The summed E-state index contributed by atoms with van der Waals surface area (Å²) in [6.45, 7) is 1.47. The highest BCUT2D eigenvalue weighted by atomic mass is 35.5. The largest absolute Gasteiger partial charge is 0.462 e. The number of ether oxygens (including phenoxy) is 1. The van der Waals surface area contributed by atoms with Crippen LogP contribution in [0.2, 0.25) is 10.0 Å². The van der Waals surface area contributed by atoms with Crippen molar-refractivity contribution in [1.29, 1.82) is 0 Å². The first-order chi connectivity index (χ1) is 16.6. The first kappa shape index (κ1) is 26.2. The molecule has 0 bridgehead atoms. The zero-order chi connectivity index (χ0) is 25.7. The molecule has 0 atom stereocenters. The number of nitrogens with one attached hydrogen (secondary N) is 1. The van der Waals surface area contributed by atoms with E-state index in [9.17, 15) is 29.3 Å². The summed E-state index contributed by atoms with van der Waals surface area (Å²) in [7, 11) is 0. The Morgan fingerprint density at radius 2 is 1.89 bits per heavy atom. The molecule has 0 unspecified atom stereocenters. The van der Waals surface area contributed by atoms with Gasteiger partial charge in [0.15, 0.2) is 0 Å². The van der Waals surface area contributed by atoms with Crippen LogP contribution in [0.3, 0.4) is 0 Å². The van der Waals surface area contributed by atoms with E-state index < -0.39 is 34.5 Å². The molecule has 0 saturated carbocycles. The molecule has 2 aromatic carbocycles. The zero-order valence-corrected chi connectivity index (χ0v) is 20.4. The van der Waals surface area contributed by atoms with Crippen molar-refractivity contribution in [2.45, 2.75) is 13.3 Å². The summed E-state index contributed by atoms with van der Waals surface area (Å²) in [5.74, 6) is -2.06. The molecule has 0 aliphatic carbocycles. The normalized spacial score (nSPS) is 14.4. The second kappa shape index (κ2) is 11.3. The van der Waals surface area contributed by atoms with Crippen LogP contribution in [0.15, 0.2) is 41.3 Å². The number of rotatable bonds is 8. The number of benzene rings is 2. The van der Waals surface area contributed by atoms with Gasteiger partial charge in [-0.2, -0.15) is 0 Å². The van der Waals surface area contributed by atoms with Crippen LogP contribution in [-0.2, 0) is 14.3 Å². The Balaban J connectivity index is 1.71. The van der Waals surface area contributed by atoms with Crippen molar-refractivity contribution in [3.63, 3.8) is 0 Å². The summed E-state index contributed by atoms with van der Waals surface area (Å²) in [6.07, 6.45) is 1.93. The van der Waals surface area contributed by atoms with E-state index in [-0.39, 0.29) is 38.5 Å². The predicted octanol–water partition coefficient (Wildman–Crippen LogP) is 5.14. The van der Waals surface area contributed by atoms with Crippen LogP contribution in [0.25, 0.3) is 6.08 Å². The minimum Gasteiger partial charge on any atom is -0.462 e. The second-order valence-corrected chi connectivity index (χ2v) is 8.92. The van der Waals surface area contributed by atoms with Gasteiger partial charge in [-0.1, -0.05) is 36.2 Å². The molecule has 10 nitrogen and oxygen atoms in total. The molecule has 3 rings (SSSR count). The van der Waals surface area contributed by atoms with Gasteiger partial charge in [-0.05, 0) is 54.1 Å². The summed E-state index contributed by atoms with van der Waals surface area (Å²) >= 11 is 12.4. The van der Waals surface area contributed by atoms with Crippen molar-refractivity contribution in [3.05, 3.63) is 72.6 Å². The quantitative estimate of drug-likeness (QED) is 0.211. The average Bonchev–Trinajstić information content (AvgIpc) is 3.06. The van der Waals surface area contributed by atoms with Crippen molar-refractivity contribution in [2.24, 2.45) is 0 Å². The molecule has 1 fully saturated rings. The van der Waals surface area contributed by atoms with E-state index >= 15 is 0 Å². The number of anilines is 1. The van der Waals surface area contributed by atoms with Gasteiger partial charge in [0.1, 0.15) is 11.6 Å². The van der Waals surface area contributed by atoms with Crippen molar-refractivity contribution in [2.75, 3.05) is 18.5 Å². The number of halogens is 2. The lowest BCUT2D eigenvalue weighted by Crippen LogP contribution is -2.36. The zero-order valence-electron chi connectivity index (χ0n) is 18.1. The van der Waals surface area contributed by atoms with Crippen molar-refractivity contribution < 1.29 is 28.8 Å². The van der Waals surface area contributed by atoms with Crippen LogP contribution >= 0.6 is 35.0 Å². The Morgan fingerprint density at radius 3 is 2.57 bits per heavy atom. The Morgan fingerprint density at radius 1 is 1.17 bits per heavy atom. The number of imide groups is 1. The lowest BCUT2D eigenvalue weighted by Gasteiger charge is -2.13. The van der Waals surface area contributed by atoms with E-state index in [2.05, 4.69) is 5.32 Å². The number of hydrogen-bond acceptors (Lipinski definition) is 8. The van der Waals surface area contributed by atoms with Gasteiger partial charge < -0.3 is 10.1 Å². The van der Waals surface area contributed by atoms with E-state index in [0.29, 0.717) is 23.7 Å². The fourth-order valence-corrected chi connectivity index (χ4v) is 4.14. The van der Waals surface area contributed by atoms with Gasteiger partial charge >= 0.3 is 5.97 Å². The van der Waals surface area contributed by atoms with Gasteiger partial charge in [-0.25, -0.2) is 4.79 Å². The first-order valence-corrected chi connectivity index (χ1v) is 11.6. The van der Waals surface area contributed by atoms with Crippen LogP contribution in [0.5, 0.6) is 0 Å². The van der Waals surface area contributed by atoms with E-state index in [1.165, 1.54) is 42.5 Å². The molecular weight excluding hydrogens is 521 g/mol. The molecule has 1 aliphatic rings. The Hall–Kier alpha value is -3.41. The monoisotopic (exact) mass is 537 g/mol. The Bertz CT molecular complexity index is 1270. The number of hydrogen-bond donors (Lipinski definition) is 1. The molecule has 1 heterocycles. The van der Waals surface area contributed by atoms with E-state index in [0.717, 1.165) is 4.90 Å². The lowest BCUT2D eigenvalue weighted by molar-refractivity contribution is -0.384. The highest BCUT2D eigenvalue weighted by Gasteiger charge is 2.36. The van der Waals surface area contributed by atoms with Gasteiger partial charge in [0.2, 0.25) is 5.91 Å². The molecular formula is C22H17Cl2N3O7S. The molecule has 2 aromatic rings. The number of thioether (sulfide) groups is 1. The second-order valence-electron chi connectivity index (χ2n) is 7.11. The summed E-state index contributed by atoms with van der Waals surface area (Å²) < 4.78 is 5.05. The SMILES string of the molecule is CCCOC(=O)c1cc(NC(=O)CN2C(=O)S/C(=C\c3ccc(Cl)c([N+](=O)[O-])c3)C2=O)ccc1Cl. The molecule has 0 spiro atoms. The molecule has 0 aromatic heterocycles. The lowest BCUT2D eigenvalue weighted by atomic mass is 10.2. The van der Waals surface area contributed by atoms with Crippen LogP contribution in [-0.4, -0.2) is 46.0 Å². The molecule has 1 N–H and O–H groups in total. The fraction of sp³-hybridized carbons (Fsp3) is 0.182. The van der Waals surface area contributed by atoms with E-state index in [4.69, 9.17) is 27.9 Å². The fourth-order valence-electron chi connectivity index (χ4n) is 2.92. The van der Waals surface area contributed by atoms with Gasteiger partial charge in [0, 0.05) is 11.8 Å². The summed E-state index contributed by atoms with van der Waals surface area (Å²) in [5.41, 5.74) is 0.225. The van der Waals surface area contributed by atoms with Gasteiger partial charge in [-0.3, -0.25) is 29.4 Å². The minimum absolute atomic E-state index is 0.00753. The Kier molecular flexibility index (Phi) is 8.49. The number of esters is 1. The molecule has 1 aliphatic heterocycles. The van der Waals surface area contributed by atoms with Crippen LogP contribution in [0.4, 0.5) is 16.2 Å². The van der Waals surface area contributed by atoms with Gasteiger partial charge in [0.25, 0.3) is 16.8 Å². The molecule has 13 heteroatoms. The third-order valence-corrected chi connectivity index (χ3v) is 6.10. The third-order valence-electron chi connectivity index (χ3n) is 4.55. The summed E-state index contributed by atoms with van der Waals surface area (Å²) in [4.78, 5) is 60.8. The van der Waals surface area contributed by atoms with Crippen LogP contribution < -0.4 is 5.32 Å². The molecule has 0 radical (unpaired) electrons. The average molecular weight is 538 g/mol. The van der Waals surface area contributed by atoms with Crippen LogP contribution in [0.1, 0.15) is 29.3 Å². The molecule has 35 heavy (non-hydrogen) atoms. The predicted molar refractivity (Wildman–Crippen MR) is 131 cm³/mol. The number of carbonyl (C=O) groups is 4. The van der Waals surface area contributed by atoms with Crippen molar-refractivity contribution >= 4 is 75.4 Å². The minimum atomic E-state index is -0.729. The molecule has 3 amide bonds. The van der Waals surface area contributed by atoms with E-state index in [1.807, 2.05) is 6.92 Å². The third kappa shape index (κ3) is 6.38. The number of nitrogens with zero attached hydrogens (tertiary/aromatic N) is 2. The van der Waals surface area contributed by atoms with Crippen LogP contribution in [0, 0.1) is 10.1 Å². The van der Waals surface area contributed by atoms with Gasteiger partial charge in [0.05, 0.1) is 27.0 Å². The van der Waals surface area contributed by atoms with Crippen molar-refractivity contribution in [3.8, 4) is 0 Å². The smallest absolute Gasteiger partial charge is 0.339 e. The number of amides is 3. The number of nitro benzene ring substituents is 1. The maximum absolute atomic E-state index is 12.7. The highest BCUT2D eigenvalue weighted by Crippen LogP contribution is 2.33. The highest BCUT2D eigenvalue weighted by molar-refractivity contribution is 8.18. The molecule has 1 saturated heterocycles. The van der Waals surface area contributed by atoms with Crippen molar-refractivity contribution in [1.82, 2.24) is 4.90 Å². The van der Waals surface area contributed by atoms with E-state index in [1.54, 1.807) is 0 Å². The number of nitro groups is 1. The first-order valence-electron chi connectivity index (χ1n) is 10.1. The topological polar surface area (TPSA) is 136 Å².